The minimum absolute atomic E-state index is 0.0766. The summed E-state index contributed by atoms with van der Waals surface area (Å²) in [5.74, 6) is -1.27. The fourth-order valence-corrected chi connectivity index (χ4v) is 2.42. The Balaban J connectivity index is 2.52. The Kier molecular flexibility index (Phi) is 5.09. The van der Waals surface area contributed by atoms with Gasteiger partial charge in [-0.05, 0) is 37.0 Å². The number of rotatable bonds is 4. The number of Topliss-reactive ketones (excluding diaryl/α,β-unsaturated/α-hetero) is 1. The number of carboxylic acid groups (broad SMARTS) is 1. The number of ketones is 1. The number of nitrogens with zero attached hydrogens (tertiary/aromatic N) is 1. The van der Waals surface area contributed by atoms with Crippen LogP contribution >= 0.6 is 0 Å². The first kappa shape index (κ1) is 15.7. The summed E-state index contributed by atoms with van der Waals surface area (Å²) >= 11 is 0. The van der Waals surface area contributed by atoms with Gasteiger partial charge in [0.25, 0.3) is 0 Å². The molecule has 1 N–H and O–H groups in total. The largest absolute Gasteiger partial charge is 0.476 e. The molecule has 19 heavy (non-hydrogen) atoms. The number of carbonyl (C=O) groups excluding carboxylic acids is 1. The SMILES string of the molecule is CC(=O)C(=NOC1CCC(C(C)(C)C)CC1)C(=O)O. The van der Waals surface area contributed by atoms with Gasteiger partial charge in [0, 0.05) is 6.92 Å². The van der Waals surface area contributed by atoms with Crippen molar-refractivity contribution in [2.24, 2.45) is 16.5 Å². The second kappa shape index (κ2) is 6.17. The molecule has 0 aromatic rings. The van der Waals surface area contributed by atoms with Crippen LogP contribution in [-0.2, 0) is 14.4 Å². The monoisotopic (exact) mass is 269 g/mol. The van der Waals surface area contributed by atoms with E-state index < -0.39 is 17.5 Å². The lowest BCUT2D eigenvalue weighted by molar-refractivity contribution is -0.130. The first-order valence-electron chi connectivity index (χ1n) is 6.70. The predicted molar refractivity (Wildman–Crippen MR) is 72.0 cm³/mol. The molecule has 1 aliphatic rings. The van der Waals surface area contributed by atoms with Gasteiger partial charge in [0.2, 0.25) is 5.71 Å². The average Bonchev–Trinajstić information content (AvgIpc) is 2.27. The fraction of sp³-hybridized carbons (Fsp3) is 0.786. The maximum atomic E-state index is 11.1. The topological polar surface area (TPSA) is 76.0 Å². The molecule has 0 amide bonds. The Hall–Kier alpha value is -1.39. The van der Waals surface area contributed by atoms with Gasteiger partial charge in [-0.15, -0.1) is 0 Å². The highest BCUT2D eigenvalue weighted by Gasteiger charge is 2.30. The minimum atomic E-state index is -1.34. The molecular weight excluding hydrogens is 246 g/mol. The Morgan fingerprint density at radius 1 is 1.16 bits per heavy atom. The Morgan fingerprint density at radius 3 is 2.05 bits per heavy atom. The van der Waals surface area contributed by atoms with Crippen molar-refractivity contribution in [2.75, 3.05) is 0 Å². The van der Waals surface area contributed by atoms with E-state index in [1.807, 2.05) is 0 Å². The van der Waals surface area contributed by atoms with E-state index in [9.17, 15) is 9.59 Å². The van der Waals surface area contributed by atoms with Gasteiger partial charge in [-0.25, -0.2) is 4.79 Å². The third-order valence-electron chi connectivity index (χ3n) is 3.73. The lowest BCUT2D eigenvalue weighted by Crippen LogP contribution is -2.29. The third kappa shape index (κ3) is 4.65. The van der Waals surface area contributed by atoms with Gasteiger partial charge < -0.3 is 9.94 Å². The molecule has 0 spiro atoms. The highest BCUT2D eigenvalue weighted by Crippen LogP contribution is 2.38. The van der Waals surface area contributed by atoms with Gasteiger partial charge in [-0.2, -0.15) is 0 Å². The van der Waals surface area contributed by atoms with Crippen molar-refractivity contribution in [3.05, 3.63) is 0 Å². The maximum absolute atomic E-state index is 11.1. The summed E-state index contributed by atoms with van der Waals surface area (Å²) in [6, 6.07) is 0. The standard InChI is InChI=1S/C14H23NO4/c1-9(16)12(13(17)18)15-19-11-7-5-10(6-8-11)14(2,3)4/h10-11H,5-8H2,1-4H3,(H,17,18). The molecule has 5 nitrogen and oxygen atoms in total. The van der Waals surface area contributed by atoms with Crippen molar-refractivity contribution >= 4 is 17.5 Å². The van der Waals surface area contributed by atoms with E-state index in [1.54, 1.807) is 0 Å². The average molecular weight is 269 g/mol. The molecule has 0 aliphatic heterocycles. The van der Waals surface area contributed by atoms with Crippen molar-refractivity contribution in [1.29, 1.82) is 0 Å². The summed E-state index contributed by atoms with van der Waals surface area (Å²) in [5.41, 5.74) is -0.238. The van der Waals surface area contributed by atoms with Crippen molar-refractivity contribution in [3.63, 3.8) is 0 Å². The number of oxime groups is 1. The second-order valence-electron chi connectivity index (χ2n) is 6.25. The summed E-state index contributed by atoms with van der Waals surface area (Å²) < 4.78 is 0. The van der Waals surface area contributed by atoms with E-state index in [1.165, 1.54) is 6.92 Å². The molecule has 0 atom stereocenters. The Labute approximate surface area is 114 Å². The van der Waals surface area contributed by atoms with Crippen LogP contribution < -0.4 is 0 Å². The number of carboxylic acids is 1. The van der Waals surface area contributed by atoms with E-state index in [0.717, 1.165) is 25.7 Å². The van der Waals surface area contributed by atoms with E-state index in [-0.39, 0.29) is 6.10 Å². The van der Waals surface area contributed by atoms with Crippen LogP contribution in [0.1, 0.15) is 53.4 Å². The number of hydrogen-bond donors (Lipinski definition) is 1. The van der Waals surface area contributed by atoms with Crippen LogP contribution in [0.5, 0.6) is 0 Å². The van der Waals surface area contributed by atoms with E-state index in [4.69, 9.17) is 9.94 Å². The van der Waals surface area contributed by atoms with Crippen molar-refractivity contribution in [3.8, 4) is 0 Å². The molecule has 1 fully saturated rings. The zero-order chi connectivity index (χ0) is 14.6. The summed E-state index contributed by atoms with van der Waals surface area (Å²) in [4.78, 5) is 27.0. The van der Waals surface area contributed by atoms with Gasteiger partial charge in [0.15, 0.2) is 5.78 Å². The van der Waals surface area contributed by atoms with Crippen molar-refractivity contribution in [2.45, 2.75) is 59.5 Å². The first-order valence-corrected chi connectivity index (χ1v) is 6.70. The van der Waals surface area contributed by atoms with Crippen LogP contribution in [0.15, 0.2) is 5.16 Å². The molecule has 1 rings (SSSR count). The van der Waals surface area contributed by atoms with Crippen molar-refractivity contribution in [1.82, 2.24) is 0 Å². The molecule has 1 aliphatic carbocycles. The smallest absolute Gasteiger partial charge is 0.361 e. The minimum Gasteiger partial charge on any atom is -0.476 e. The van der Waals surface area contributed by atoms with Crippen LogP contribution in [0.25, 0.3) is 0 Å². The lowest BCUT2D eigenvalue weighted by Gasteiger charge is -2.36. The molecule has 0 unspecified atom stereocenters. The number of aliphatic carboxylic acids is 1. The van der Waals surface area contributed by atoms with Crippen LogP contribution in [0.3, 0.4) is 0 Å². The molecular formula is C14H23NO4. The van der Waals surface area contributed by atoms with Crippen LogP contribution in [-0.4, -0.2) is 28.7 Å². The highest BCUT2D eigenvalue weighted by molar-refractivity contribution is 6.63. The zero-order valence-electron chi connectivity index (χ0n) is 12.1. The quantitative estimate of drug-likeness (QED) is 0.483. The summed E-state index contributed by atoms with van der Waals surface area (Å²) in [5, 5.41) is 12.3. The molecule has 0 heterocycles. The maximum Gasteiger partial charge on any atom is 0.361 e. The molecule has 5 heteroatoms. The molecule has 0 saturated heterocycles. The lowest BCUT2D eigenvalue weighted by atomic mass is 9.72. The summed E-state index contributed by atoms with van der Waals surface area (Å²) in [6.45, 7) is 7.87. The van der Waals surface area contributed by atoms with Crippen LogP contribution in [0.4, 0.5) is 0 Å². The summed E-state index contributed by atoms with van der Waals surface area (Å²) in [7, 11) is 0. The molecule has 0 aromatic heterocycles. The van der Waals surface area contributed by atoms with Gasteiger partial charge in [-0.1, -0.05) is 25.9 Å². The Bertz CT molecular complexity index is 357. The van der Waals surface area contributed by atoms with E-state index in [2.05, 4.69) is 25.9 Å². The van der Waals surface area contributed by atoms with Gasteiger partial charge in [-0.3, -0.25) is 4.79 Å². The number of carbonyl (C=O) groups is 2. The van der Waals surface area contributed by atoms with E-state index >= 15 is 0 Å². The normalized spacial score (nSPS) is 24.9. The van der Waals surface area contributed by atoms with Gasteiger partial charge in [0.1, 0.15) is 6.10 Å². The molecule has 108 valence electrons. The van der Waals surface area contributed by atoms with Crippen LogP contribution in [0, 0.1) is 11.3 Å². The molecule has 0 radical (unpaired) electrons. The highest BCUT2D eigenvalue weighted by atomic mass is 16.6. The van der Waals surface area contributed by atoms with Gasteiger partial charge in [0.05, 0.1) is 0 Å². The zero-order valence-corrected chi connectivity index (χ0v) is 12.1. The molecule has 1 saturated carbocycles. The first-order chi connectivity index (χ1) is 8.71. The third-order valence-corrected chi connectivity index (χ3v) is 3.73. The summed E-state index contributed by atoms with van der Waals surface area (Å²) in [6.07, 6.45) is 3.73. The predicted octanol–water partition coefficient (Wildman–Crippen LogP) is 2.64. The fourth-order valence-electron chi connectivity index (χ4n) is 2.42. The number of hydrogen-bond acceptors (Lipinski definition) is 4. The Morgan fingerprint density at radius 2 is 1.68 bits per heavy atom. The van der Waals surface area contributed by atoms with Crippen LogP contribution in [0.2, 0.25) is 0 Å². The molecule has 0 aromatic carbocycles. The van der Waals surface area contributed by atoms with Crippen molar-refractivity contribution < 1.29 is 19.5 Å². The van der Waals surface area contributed by atoms with E-state index in [0.29, 0.717) is 11.3 Å². The van der Waals surface area contributed by atoms with Gasteiger partial charge >= 0.3 is 5.97 Å². The second-order valence-corrected chi connectivity index (χ2v) is 6.25. The molecule has 0 bridgehead atoms.